The Balaban J connectivity index is 2.02. The zero-order valence-corrected chi connectivity index (χ0v) is 4.93. The highest BCUT2D eigenvalue weighted by molar-refractivity contribution is 5.35. The lowest BCUT2D eigenvalue weighted by atomic mass is 10.2. The summed E-state index contributed by atoms with van der Waals surface area (Å²) in [6.07, 6.45) is 3.05. The van der Waals surface area contributed by atoms with Crippen LogP contribution in [0.2, 0.25) is 0 Å². The van der Waals surface area contributed by atoms with Crippen molar-refractivity contribution in [3.05, 3.63) is 12.2 Å². The SMILES string of the molecule is C=C1C2CC3CC3C12. The Kier molecular flexibility index (Phi) is 0.367. The van der Waals surface area contributed by atoms with Crippen molar-refractivity contribution in [1.29, 1.82) is 0 Å². The molecular formula is C8H10. The van der Waals surface area contributed by atoms with Gasteiger partial charge in [0.25, 0.3) is 0 Å². The summed E-state index contributed by atoms with van der Waals surface area (Å²) in [6, 6.07) is 0. The fourth-order valence-corrected chi connectivity index (χ4v) is 2.58. The van der Waals surface area contributed by atoms with Gasteiger partial charge < -0.3 is 0 Å². The minimum absolute atomic E-state index is 1.01. The molecule has 0 spiro atoms. The average Bonchev–Trinajstić information content (AvgIpc) is 2.57. The molecule has 42 valence electrons. The van der Waals surface area contributed by atoms with Gasteiger partial charge in [-0.25, -0.2) is 0 Å². The molecule has 8 heavy (non-hydrogen) atoms. The van der Waals surface area contributed by atoms with Crippen LogP contribution >= 0.6 is 0 Å². The van der Waals surface area contributed by atoms with Crippen LogP contribution in [0, 0.1) is 23.7 Å². The average molecular weight is 106 g/mol. The molecule has 3 rings (SSSR count). The first kappa shape index (κ1) is 3.71. The fourth-order valence-electron chi connectivity index (χ4n) is 2.58. The maximum atomic E-state index is 4.03. The van der Waals surface area contributed by atoms with Gasteiger partial charge in [-0.2, -0.15) is 0 Å². The van der Waals surface area contributed by atoms with Crippen LogP contribution in [0.25, 0.3) is 0 Å². The highest BCUT2D eigenvalue weighted by Gasteiger charge is 2.63. The molecule has 0 aromatic rings. The van der Waals surface area contributed by atoms with Crippen LogP contribution in [0.5, 0.6) is 0 Å². The van der Waals surface area contributed by atoms with Crippen LogP contribution in [0.3, 0.4) is 0 Å². The van der Waals surface area contributed by atoms with E-state index in [1.165, 1.54) is 6.42 Å². The second kappa shape index (κ2) is 0.792. The van der Waals surface area contributed by atoms with Gasteiger partial charge in [0.05, 0.1) is 0 Å². The molecular weight excluding hydrogens is 96.1 g/mol. The van der Waals surface area contributed by atoms with Crippen molar-refractivity contribution in [1.82, 2.24) is 0 Å². The van der Waals surface area contributed by atoms with Crippen molar-refractivity contribution in [2.24, 2.45) is 23.7 Å². The Morgan fingerprint density at radius 1 is 1.38 bits per heavy atom. The van der Waals surface area contributed by atoms with Gasteiger partial charge in [0.15, 0.2) is 0 Å². The molecule has 4 atom stereocenters. The minimum atomic E-state index is 1.01. The smallest absolute Gasteiger partial charge is 0.0106 e. The van der Waals surface area contributed by atoms with Crippen molar-refractivity contribution in [2.75, 3.05) is 0 Å². The van der Waals surface area contributed by atoms with Crippen molar-refractivity contribution in [3.63, 3.8) is 0 Å². The van der Waals surface area contributed by atoms with E-state index >= 15 is 0 Å². The van der Waals surface area contributed by atoms with Crippen LogP contribution in [-0.2, 0) is 0 Å². The number of hydrogen-bond donors (Lipinski definition) is 0. The summed E-state index contributed by atoms with van der Waals surface area (Å²) in [5, 5.41) is 0. The van der Waals surface area contributed by atoms with E-state index < -0.39 is 0 Å². The first-order valence-electron chi connectivity index (χ1n) is 3.56. The van der Waals surface area contributed by atoms with Gasteiger partial charge in [0.1, 0.15) is 0 Å². The zero-order chi connectivity index (χ0) is 5.30. The molecule has 3 aliphatic carbocycles. The predicted molar refractivity (Wildman–Crippen MR) is 32.3 cm³/mol. The number of allylic oxidation sites excluding steroid dienone is 1. The van der Waals surface area contributed by atoms with E-state index in [0.29, 0.717) is 0 Å². The van der Waals surface area contributed by atoms with Crippen LogP contribution in [0.1, 0.15) is 12.8 Å². The Morgan fingerprint density at radius 3 is 2.75 bits per heavy atom. The normalized spacial score (nSPS) is 64.8. The van der Waals surface area contributed by atoms with Crippen LogP contribution in [0.4, 0.5) is 0 Å². The lowest BCUT2D eigenvalue weighted by Gasteiger charge is -1.84. The molecule has 0 aliphatic heterocycles. The predicted octanol–water partition coefficient (Wildman–Crippen LogP) is 1.83. The second-order valence-electron chi connectivity index (χ2n) is 3.60. The molecule has 0 nitrogen and oxygen atoms in total. The highest BCUT2D eigenvalue weighted by Crippen LogP contribution is 2.71. The van der Waals surface area contributed by atoms with E-state index in [0.717, 1.165) is 23.7 Å². The maximum Gasteiger partial charge on any atom is -0.0106 e. The number of rotatable bonds is 0. The Hall–Kier alpha value is -0.260. The standard InChI is InChI=1S/C8H10/c1-4-6-2-5-3-7(5)8(4)6/h5-8H,1-3H2. The summed E-state index contributed by atoms with van der Waals surface area (Å²) in [4.78, 5) is 0. The summed E-state index contributed by atoms with van der Waals surface area (Å²) in [7, 11) is 0. The quantitative estimate of drug-likeness (QED) is 0.413. The van der Waals surface area contributed by atoms with Crippen molar-refractivity contribution in [2.45, 2.75) is 12.8 Å². The molecule has 0 heterocycles. The monoisotopic (exact) mass is 106 g/mol. The fraction of sp³-hybridized carbons (Fsp3) is 0.750. The van der Waals surface area contributed by atoms with E-state index in [1.807, 2.05) is 0 Å². The highest BCUT2D eigenvalue weighted by atomic mass is 14.7. The molecule has 3 fully saturated rings. The molecule has 0 aromatic heterocycles. The number of hydrogen-bond acceptors (Lipinski definition) is 0. The summed E-state index contributed by atoms with van der Waals surface area (Å²) in [6.45, 7) is 4.03. The largest absolute Gasteiger partial charge is 0.0992 e. The molecule has 0 bridgehead atoms. The van der Waals surface area contributed by atoms with Gasteiger partial charge >= 0.3 is 0 Å². The topological polar surface area (TPSA) is 0 Å². The Morgan fingerprint density at radius 2 is 2.25 bits per heavy atom. The lowest BCUT2D eigenvalue weighted by Crippen LogP contribution is -1.74. The second-order valence-corrected chi connectivity index (χ2v) is 3.60. The summed E-state index contributed by atoms with van der Waals surface area (Å²) in [5.74, 6) is 4.33. The molecule has 0 N–H and O–H groups in total. The summed E-state index contributed by atoms with van der Waals surface area (Å²) in [5.41, 5.74) is 1.59. The summed E-state index contributed by atoms with van der Waals surface area (Å²) < 4.78 is 0. The Bertz CT molecular complexity index is 169. The van der Waals surface area contributed by atoms with Gasteiger partial charge in [0, 0.05) is 0 Å². The van der Waals surface area contributed by atoms with Gasteiger partial charge in [0.2, 0.25) is 0 Å². The third-order valence-electron chi connectivity index (χ3n) is 3.22. The molecule has 0 saturated heterocycles. The van der Waals surface area contributed by atoms with E-state index in [2.05, 4.69) is 6.58 Å². The Labute approximate surface area is 49.6 Å². The van der Waals surface area contributed by atoms with Crippen LogP contribution in [0.15, 0.2) is 12.2 Å². The van der Waals surface area contributed by atoms with Gasteiger partial charge in [-0.1, -0.05) is 12.2 Å². The van der Waals surface area contributed by atoms with Gasteiger partial charge in [-0.3, -0.25) is 0 Å². The van der Waals surface area contributed by atoms with E-state index in [1.54, 1.807) is 12.0 Å². The third kappa shape index (κ3) is 0.229. The molecule has 0 heteroatoms. The van der Waals surface area contributed by atoms with Gasteiger partial charge in [-0.15, -0.1) is 0 Å². The number of fused-ring (bicyclic) bond motifs is 3. The third-order valence-corrected chi connectivity index (χ3v) is 3.22. The zero-order valence-electron chi connectivity index (χ0n) is 4.93. The lowest BCUT2D eigenvalue weighted by molar-refractivity contribution is 0.697. The van der Waals surface area contributed by atoms with Crippen LogP contribution in [-0.4, -0.2) is 0 Å². The van der Waals surface area contributed by atoms with Gasteiger partial charge in [-0.05, 0) is 36.5 Å². The molecule has 0 amide bonds. The van der Waals surface area contributed by atoms with E-state index in [9.17, 15) is 0 Å². The minimum Gasteiger partial charge on any atom is -0.0992 e. The van der Waals surface area contributed by atoms with E-state index in [4.69, 9.17) is 0 Å². The molecule has 4 unspecified atom stereocenters. The molecule has 0 radical (unpaired) electrons. The van der Waals surface area contributed by atoms with Crippen molar-refractivity contribution >= 4 is 0 Å². The molecule has 3 saturated carbocycles. The maximum absolute atomic E-state index is 4.03. The van der Waals surface area contributed by atoms with Crippen molar-refractivity contribution in [3.8, 4) is 0 Å². The van der Waals surface area contributed by atoms with E-state index in [-0.39, 0.29) is 0 Å². The van der Waals surface area contributed by atoms with Crippen molar-refractivity contribution < 1.29 is 0 Å². The first-order valence-corrected chi connectivity index (χ1v) is 3.56. The first-order chi connectivity index (χ1) is 3.88. The molecule has 3 aliphatic rings. The van der Waals surface area contributed by atoms with Crippen LogP contribution < -0.4 is 0 Å². The summed E-state index contributed by atoms with van der Waals surface area (Å²) >= 11 is 0. The molecule has 0 aromatic carbocycles.